The Morgan fingerprint density at radius 3 is 2.67 bits per heavy atom. The first kappa shape index (κ1) is 13.1. The number of rotatable bonds is 4. The highest BCUT2D eigenvalue weighted by Crippen LogP contribution is 2.32. The van der Waals surface area contributed by atoms with Crippen molar-refractivity contribution in [3.05, 3.63) is 22.3 Å². The van der Waals surface area contributed by atoms with Gasteiger partial charge < -0.3 is 15.0 Å². The number of aromatic nitrogens is 2. The molecule has 2 aromatic rings. The topological polar surface area (TPSA) is 53.1 Å². The molecule has 2 N–H and O–H groups in total. The number of thiazole rings is 1. The number of aryl methyl sites for hydroxylation is 2. The van der Waals surface area contributed by atoms with Crippen molar-refractivity contribution in [3.63, 3.8) is 0 Å². The number of nitrogens with zero attached hydrogens (tertiary/aromatic N) is 2. The van der Waals surface area contributed by atoms with Gasteiger partial charge in [0, 0.05) is 35.5 Å². The second-order valence-electron chi connectivity index (χ2n) is 4.39. The Morgan fingerprint density at radius 2 is 2.11 bits per heavy atom. The SMILES string of the molecule is COCCn1c(C)cc(-c2nc(N)sc2C)c1C. The lowest BCUT2D eigenvalue weighted by Gasteiger charge is -2.08. The van der Waals surface area contributed by atoms with Crippen LogP contribution in [0, 0.1) is 20.8 Å². The molecular formula is C13H19N3OS. The van der Waals surface area contributed by atoms with E-state index < -0.39 is 0 Å². The van der Waals surface area contributed by atoms with E-state index in [1.54, 1.807) is 7.11 Å². The molecule has 0 atom stereocenters. The van der Waals surface area contributed by atoms with E-state index in [2.05, 4.69) is 36.4 Å². The summed E-state index contributed by atoms with van der Waals surface area (Å²) in [6.45, 7) is 7.87. The summed E-state index contributed by atoms with van der Waals surface area (Å²) in [5.41, 5.74) is 10.4. The first-order valence-electron chi connectivity index (χ1n) is 5.93. The van der Waals surface area contributed by atoms with Crippen LogP contribution < -0.4 is 5.73 Å². The van der Waals surface area contributed by atoms with Crippen LogP contribution in [0.2, 0.25) is 0 Å². The van der Waals surface area contributed by atoms with E-state index in [1.165, 1.54) is 33.2 Å². The molecule has 18 heavy (non-hydrogen) atoms. The molecule has 98 valence electrons. The van der Waals surface area contributed by atoms with E-state index in [4.69, 9.17) is 10.5 Å². The van der Waals surface area contributed by atoms with Crippen LogP contribution in [-0.4, -0.2) is 23.3 Å². The normalized spacial score (nSPS) is 11.1. The van der Waals surface area contributed by atoms with Gasteiger partial charge in [0.05, 0.1) is 12.3 Å². The molecule has 0 fully saturated rings. The van der Waals surface area contributed by atoms with Crippen LogP contribution in [-0.2, 0) is 11.3 Å². The molecule has 0 spiro atoms. The molecule has 5 heteroatoms. The molecule has 2 rings (SSSR count). The summed E-state index contributed by atoms with van der Waals surface area (Å²) in [6.07, 6.45) is 0. The van der Waals surface area contributed by atoms with Gasteiger partial charge in [-0.2, -0.15) is 0 Å². The van der Waals surface area contributed by atoms with Gasteiger partial charge >= 0.3 is 0 Å². The molecule has 2 heterocycles. The molecule has 0 unspecified atom stereocenters. The molecule has 2 aromatic heterocycles. The lowest BCUT2D eigenvalue weighted by Crippen LogP contribution is -2.07. The van der Waals surface area contributed by atoms with Crippen molar-refractivity contribution in [2.45, 2.75) is 27.3 Å². The van der Waals surface area contributed by atoms with Crippen molar-refractivity contribution < 1.29 is 4.74 Å². The van der Waals surface area contributed by atoms with E-state index in [0.717, 1.165) is 12.2 Å². The third-order valence-corrected chi connectivity index (χ3v) is 3.96. The number of hydrogen-bond acceptors (Lipinski definition) is 4. The Kier molecular flexibility index (Phi) is 3.73. The average Bonchev–Trinajstić information content (AvgIpc) is 2.78. The largest absolute Gasteiger partial charge is 0.383 e. The Morgan fingerprint density at radius 1 is 1.39 bits per heavy atom. The van der Waals surface area contributed by atoms with Gasteiger partial charge in [0.15, 0.2) is 5.13 Å². The van der Waals surface area contributed by atoms with Crippen molar-refractivity contribution in [2.24, 2.45) is 0 Å². The molecule has 0 aliphatic carbocycles. The maximum absolute atomic E-state index is 5.77. The number of nitrogen functional groups attached to an aromatic ring is 1. The third-order valence-electron chi connectivity index (χ3n) is 3.16. The number of hydrogen-bond donors (Lipinski definition) is 1. The van der Waals surface area contributed by atoms with Gasteiger partial charge in [-0.25, -0.2) is 4.98 Å². The molecule has 0 aliphatic rings. The van der Waals surface area contributed by atoms with Gasteiger partial charge in [-0.05, 0) is 26.8 Å². The second-order valence-corrected chi connectivity index (χ2v) is 5.62. The van der Waals surface area contributed by atoms with Gasteiger partial charge in [0.1, 0.15) is 0 Å². The van der Waals surface area contributed by atoms with Crippen LogP contribution in [0.3, 0.4) is 0 Å². The fourth-order valence-electron chi connectivity index (χ4n) is 2.23. The van der Waals surface area contributed by atoms with Gasteiger partial charge in [0.25, 0.3) is 0 Å². The lowest BCUT2D eigenvalue weighted by molar-refractivity contribution is 0.186. The standard InChI is InChI=1S/C13H19N3OS/c1-8-7-11(9(2)16(8)5-6-17-4)12-10(3)18-13(14)15-12/h7H,5-6H2,1-4H3,(H2,14,15). The van der Waals surface area contributed by atoms with Crippen LogP contribution in [0.5, 0.6) is 0 Å². The molecule has 4 nitrogen and oxygen atoms in total. The molecule has 0 radical (unpaired) electrons. The van der Waals surface area contributed by atoms with Gasteiger partial charge in [-0.3, -0.25) is 0 Å². The van der Waals surface area contributed by atoms with E-state index >= 15 is 0 Å². The summed E-state index contributed by atoms with van der Waals surface area (Å²) in [4.78, 5) is 5.59. The lowest BCUT2D eigenvalue weighted by atomic mass is 10.1. The zero-order chi connectivity index (χ0) is 13.3. The molecule has 0 saturated carbocycles. The van der Waals surface area contributed by atoms with Crippen molar-refractivity contribution in [1.82, 2.24) is 9.55 Å². The fourth-order valence-corrected chi connectivity index (χ4v) is 2.94. The highest BCUT2D eigenvalue weighted by molar-refractivity contribution is 7.15. The van der Waals surface area contributed by atoms with Crippen molar-refractivity contribution in [2.75, 3.05) is 19.5 Å². The predicted octanol–water partition coefficient (Wildman–Crippen LogP) is 2.77. The molecule has 0 aliphatic heterocycles. The van der Waals surface area contributed by atoms with Crippen LogP contribution in [0.1, 0.15) is 16.3 Å². The summed E-state index contributed by atoms with van der Waals surface area (Å²) >= 11 is 1.54. The summed E-state index contributed by atoms with van der Waals surface area (Å²) in [7, 11) is 1.72. The molecule has 0 saturated heterocycles. The zero-order valence-corrected chi connectivity index (χ0v) is 12.1. The molecule has 0 bridgehead atoms. The van der Waals surface area contributed by atoms with Crippen LogP contribution in [0.15, 0.2) is 6.07 Å². The molecule has 0 aromatic carbocycles. The summed E-state index contributed by atoms with van der Waals surface area (Å²) in [6, 6.07) is 2.17. The van der Waals surface area contributed by atoms with E-state index in [9.17, 15) is 0 Å². The summed E-state index contributed by atoms with van der Waals surface area (Å²) in [5.74, 6) is 0. The van der Waals surface area contributed by atoms with E-state index in [-0.39, 0.29) is 0 Å². The molecular weight excluding hydrogens is 246 g/mol. The Labute approximate surface area is 111 Å². The van der Waals surface area contributed by atoms with Crippen LogP contribution in [0.4, 0.5) is 5.13 Å². The third kappa shape index (κ3) is 2.28. The van der Waals surface area contributed by atoms with E-state index in [0.29, 0.717) is 11.7 Å². The minimum Gasteiger partial charge on any atom is -0.383 e. The number of nitrogens with two attached hydrogens (primary N) is 1. The molecule has 0 amide bonds. The second kappa shape index (κ2) is 5.12. The van der Waals surface area contributed by atoms with Crippen molar-refractivity contribution in [1.29, 1.82) is 0 Å². The maximum Gasteiger partial charge on any atom is 0.180 e. The van der Waals surface area contributed by atoms with Crippen molar-refractivity contribution >= 4 is 16.5 Å². The fraction of sp³-hybridized carbons (Fsp3) is 0.462. The Hall–Kier alpha value is -1.33. The average molecular weight is 265 g/mol. The van der Waals surface area contributed by atoms with Crippen molar-refractivity contribution in [3.8, 4) is 11.3 Å². The van der Waals surface area contributed by atoms with Gasteiger partial charge in [0.2, 0.25) is 0 Å². The number of anilines is 1. The Bertz CT molecular complexity index is 557. The number of methoxy groups -OCH3 is 1. The van der Waals surface area contributed by atoms with Gasteiger partial charge in [-0.1, -0.05) is 0 Å². The Balaban J connectivity index is 2.43. The zero-order valence-electron chi connectivity index (χ0n) is 11.3. The van der Waals surface area contributed by atoms with Gasteiger partial charge in [-0.15, -0.1) is 11.3 Å². The summed E-state index contributed by atoms with van der Waals surface area (Å²) < 4.78 is 7.40. The predicted molar refractivity (Wildman–Crippen MR) is 76.0 cm³/mol. The van der Waals surface area contributed by atoms with Crippen LogP contribution >= 0.6 is 11.3 Å². The highest BCUT2D eigenvalue weighted by Gasteiger charge is 2.15. The minimum atomic E-state index is 0.629. The van der Waals surface area contributed by atoms with E-state index in [1.807, 2.05) is 0 Å². The minimum absolute atomic E-state index is 0.629. The monoisotopic (exact) mass is 265 g/mol. The smallest absolute Gasteiger partial charge is 0.180 e. The van der Waals surface area contributed by atoms with Crippen LogP contribution in [0.25, 0.3) is 11.3 Å². The number of ether oxygens (including phenoxy) is 1. The quantitative estimate of drug-likeness (QED) is 0.924. The highest BCUT2D eigenvalue weighted by atomic mass is 32.1. The first-order chi connectivity index (χ1) is 8.54. The summed E-state index contributed by atoms with van der Waals surface area (Å²) in [5, 5.41) is 0.629. The first-order valence-corrected chi connectivity index (χ1v) is 6.75. The maximum atomic E-state index is 5.77.